The molecule has 3 aromatic carbocycles. The van der Waals surface area contributed by atoms with Crippen molar-refractivity contribution in [1.29, 1.82) is 5.26 Å². The molecule has 0 spiro atoms. The second kappa shape index (κ2) is 9.25. The number of para-hydroxylation sites is 1. The molecular weight excluding hydrogens is 416 g/mol. The molecule has 3 aromatic rings. The predicted molar refractivity (Wildman–Crippen MR) is 122 cm³/mol. The zero-order chi connectivity index (χ0) is 22.6. The van der Waals surface area contributed by atoms with Gasteiger partial charge in [-0.05, 0) is 43.2 Å². The first-order valence-electron chi connectivity index (χ1n) is 11.1. The second-order valence-electron chi connectivity index (χ2n) is 8.11. The third-order valence-electron chi connectivity index (χ3n) is 6.08. The molecule has 0 aliphatic carbocycles. The zero-order valence-electron chi connectivity index (χ0n) is 18.2. The number of ether oxygens (including phenoxy) is 3. The number of likely N-dealkylation sites (tertiary alicyclic amines) is 1. The normalized spacial score (nSPS) is 16.8. The van der Waals surface area contributed by atoms with E-state index in [0.717, 1.165) is 35.5 Å². The molecular formula is C27H24N2O4. The molecule has 2 aliphatic rings. The van der Waals surface area contributed by atoms with Gasteiger partial charge < -0.3 is 19.1 Å². The lowest BCUT2D eigenvalue weighted by atomic mass is 10.0. The van der Waals surface area contributed by atoms with Gasteiger partial charge in [-0.25, -0.2) is 0 Å². The van der Waals surface area contributed by atoms with Gasteiger partial charge in [-0.3, -0.25) is 4.79 Å². The van der Waals surface area contributed by atoms with Gasteiger partial charge in [0.05, 0.1) is 17.7 Å². The van der Waals surface area contributed by atoms with Crippen molar-refractivity contribution in [3.05, 3.63) is 89.0 Å². The predicted octanol–water partition coefficient (Wildman–Crippen LogP) is 4.89. The summed E-state index contributed by atoms with van der Waals surface area (Å²) in [5.74, 6) is 2.06. The highest BCUT2D eigenvalue weighted by Gasteiger charge is 2.34. The van der Waals surface area contributed by atoms with Crippen LogP contribution in [0.15, 0.2) is 66.7 Å². The van der Waals surface area contributed by atoms with Crippen LogP contribution in [0.5, 0.6) is 17.2 Å². The molecule has 6 heteroatoms. The van der Waals surface area contributed by atoms with E-state index in [9.17, 15) is 10.1 Å². The van der Waals surface area contributed by atoms with Crippen LogP contribution in [-0.2, 0) is 6.61 Å². The minimum absolute atomic E-state index is 0.0327. The fraction of sp³-hybridized carbons (Fsp3) is 0.259. The van der Waals surface area contributed by atoms with Gasteiger partial charge in [0.25, 0.3) is 5.91 Å². The Kier molecular flexibility index (Phi) is 5.86. The number of carbonyl (C=O) groups excluding carboxylic acids is 1. The van der Waals surface area contributed by atoms with Crippen LogP contribution < -0.4 is 14.2 Å². The summed E-state index contributed by atoms with van der Waals surface area (Å²) in [7, 11) is 0. The van der Waals surface area contributed by atoms with Gasteiger partial charge in [-0.1, -0.05) is 36.4 Å². The van der Waals surface area contributed by atoms with Crippen molar-refractivity contribution in [2.24, 2.45) is 0 Å². The average molecular weight is 440 g/mol. The summed E-state index contributed by atoms with van der Waals surface area (Å²) in [6.07, 6.45) is 1.81. The first-order chi connectivity index (χ1) is 16.2. The maximum atomic E-state index is 13.5. The average Bonchev–Trinajstić information content (AvgIpc) is 3.37. The van der Waals surface area contributed by atoms with Crippen LogP contribution in [0.1, 0.15) is 45.9 Å². The zero-order valence-corrected chi connectivity index (χ0v) is 18.2. The fourth-order valence-electron chi connectivity index (χ4n) is 4.49. The Morgan fingerprint density at radius 1 is 1.06 bits per heavy atom. The van der Waals surface area contributed by atoms with Crippen LogP contribution in [0.25, 0.3) is 0 Å². The van der Waals surface area contributed by atoms with Crippen molar-refractivity contribution in [3.8, 4) is 23.3 Å². The highest BCUT2D eigenvalue weighted by atomic mass is 16.6. The Morgan fingerprint density at radius 2 is 1.91 bits per heavy atom. The Balaban J connectivity index is 1.35. The van der Waals surface area contributed by atoms with Gasteiger partial charge in [0.1, 0.15) is 25.6 Å². The number of benzene rings is 3. The van der Waals surface area contributed by atoms with Gasteiger partial charge in [0, 0.05) is 23.2 Å². The molecule has 6 nitrogen and oxygen atoms in total. The highest BCUT2D eigenvalue weighted by molar-refractivity contribution is 5.95. The quantitative estimate of drug-likeness (QED) is 0.565. The summed E-state index contributed by atoms with van der Waals surface area (Å²) in [5, 5.41) is 9.27. The molecule has 1 atom stereocenters. The number of nitriles is 1. The van der Waals surface area contributed by atoms with Crippen LogP contribution >= 0.6 is 0 Å². The van der Waals surface area contributed by atoms with Gasteiger partial charge >= 0.3 is 0 Å². The molecule has 0 saturated carbocycles. The van der Waals surface area contributed by atoms with Crippen molar-refractivity contribution in [3.63, 3.8) is 0 Å². The summed E-state index contributed by atoms with van der Waals surface area (Å²) in [6.45, 7) is 2.00. The lowest BCUT2D eigenvalue weighted by Gasteiger charge is -2.29. The van der Waals surface area contributed by atoms with Gasteiger partial charge in [0.15, 0.2) is 11.5 Å². The first-order valence-corrected chi connectivity index (χ1v) is 11.1. The molecule has 1 amide bonds. The van der Waals surface area contributed by atoms with Gasteiger partial charge in [-0.2, -0.15) is 5.26 Å². The number of hydrogen-bond donors (Lipinski definition) is 0. The van der Waals surface area contributed by atoms with E-state index in [-0.39, 0.29) is 18.6 Å². The third-order valence-corrected chi connectivity index (χ3v) is 6.08. The molecule has 0 radical (unpaired) electrons. The molecule has 0 aromatic heterocycles. The van der Waals surface area contributed by atoms with E-state index in [4.69, 9.17) is 14.2 Å². The van der Waals surface area contributed by atoms with Crippen LogP contribution in [0.4, 0.5) is 0 Å². The standard InChI is InChI=1S/C27H24N2O4/c28-17-20-6-1-2-7-21(20)18-33-22-9-3-8-19(16-22)27(30)29-13-5-11-24(29)23-10-4-12-25-26(23)32-15-14-31-25/h1-4,6-10,12,16,24H,5,11,13-15,18H2. The number of hydrogen-bond acceptors (Lipinski definition) is 5. The highest BCUT2D eigenvalue weighted by Crippen LogP contribution is 2.43. The summed E-state index contributed by atoms with van der Waals surface area (Å²) in [4.78, 5) is 15.4. The van der Waals surface area contributed by atoms with Crippen LogP contribution in [0, 0.1) is 11.3 Å². The molecule has 5 rings (SSSR count). The largest absolute Gasteiger partial charge is 0.489 e. The Hall–Kier alpha value is -3.98. The van der Waals surface area contributed by atoms with E-state index < -0.39 is 0 Å². The lowest BCUT2D eigenvalue weighted by molar-refractivity contribution is 0.0730. The SMILES string of the molecule is N#Cc1ccccc1COc1cccc(C(=O)N2CCCC2c2cccc3c2OCCO3)c1. The summed E-state index contributed by atoms with van der Waals surface area (Å²) in [5.41, 5.74) is 2.97. The monoisotopic (exact) mass is 440 g/mol. The Morgan fingerprint density at radius 3 is 2.82 bits per heavy atom. The Bertz CT molecular complexity index is 1220. The van der Waals surface area contributed by atoms with Gasteiger partial charge in [0.2, 0.25) is 0 Å². The van der Waals surface area contributed by atoms with E-state index in [1.54, 1.807) is 12.1 Å². The molecule has 2 aliphatic heterocycles. The van der Waals surface area contributed by atoms with Crippen molar-refractivity contribution in [2.45, 2.75) is 25.5 Å². The van der Waals surface area contributed by atoms with Crippen molar-refractivity contribution in [1.82, 2.24) is 4.90 Å². The maximum absolute atomic E-state index is 13.5. The lowest BCUT2D eigenvalue weighted by Crippen LogP contribution is -2.31. The fourth-order valence-corrected chi connectivity index (χ4v) is 4.49. The minimum atomic E-state index is -0.0544. The second-order valence-corrected chi connectivity index (χ2v) is 8.11. The van der Waals surface area contributed by atoms with Crippen molar-refractivity contribution in [2.75, 3.05) is 19.8 Å². The number of rotatable bonds is 5. The number of nitrogens with zero attached hydrogens (tertiary/aromatic N) is 2. The maximum Gasteiger partial charge on any atom is 0.254 e. The molecule has 0 N–H and O–H groups in total. The van der Waals surface area contributed by atoms with Crippen LogP contribution in [-0.4, -0.2) is 30.6 Å². The van der Waals surface area contributed by atoms with Crippen molar-refractivity contribution < 1.29 is 19.0 Å². The Labute approximate surface area is 192 Å². The van der Waals surface area contributed by atoms with Gasteiger partial charge in [-0.15, -0.1) is 0 Å². The molecule has 166 valence electrons. The number of fused-ring (bicyclic) bond motifs is 1. The topological polar surface area (TPSA) is 71.8 Å². The van der Waals surface area contributed by atoms with E-state index in [1.807, 2.05) is 59.5 Å². The molecule has 2 heterocycles. The minimum Gasteiger partial charge on any atom is -0.489 e. The van der Waals surface area contributed by atoms with E-state index in [2.05, 4.69) is 6.07 Å². The molecule has 1 unspecified atom stereocenters. The van der Waals surface area contributed by atoms with Crippen LogP contribution in [0.2, 0.25) is 0 Å². The van der Waals surface area contributed by atoms with E-state index in [0.29, 0.717) is 36.6 Å². The summed E-state index contributed by atoms with van der Waals surface area (Å²) < 4.78 is 17.6. The number of carbonyl (C=O) groups is 1. The van der Waals surface area contributed by atoms with E-state index in [1.165, 1.54) is 0 Å². The molecule has 0 bridgehead atoms. The molecule has 1 saturated heterocycles. The number of amides is 1. The third kappa shape index (κ3) is 4.22. The van der Waals surface area contributed by atoms with Crippen LogP contribution in [0.3, 0.4) is 0 Å². The summed E-state index contributed by atoms with van der Waals surface area (Å²) in [6, 6.07) is 22.6. The molecule has 1 fully saturated rings. The van der Waals surface area contributed by atoms with E-state index >= 15 is 0 Å². The first kappa shape index (κ1) is 20.9. The summed E-state index contributed by atoms with van der Waals surface area (Å²) >= 11 is 0. The molecule has 33 heavy (non-hydrogen) atoms. The van der Waals surface area contributed by atoms with Crippen molar-refractivity contribution >= 4 is 5.91 Å². The smallest absolute Gasteiger partial charge is 0.254 e.